The number of hydrogen-bond donors (Lipinski definition) is 4. The zero-order chi connectivity index (χ0) is 13.8. The Hall–Kier alpha value is -1.22. The zero-order valence-electron chi connectivity index (χ0n) is 10.1. The number of aliphatic hydroxyl groups excluding tert-OH is 3. The second kappa shape index (κ2) is 6.10. The number of rotatable bonds is 6. The van der Waals surface area contributed by atoms with Gasteiger partial charge in [-0.15, -0.1) is 0 Å². The summed E-state index contributed by atoms with van der Waals surface area (Å²) in [5.74, 6) is 0.385. The Balaban J connectivity index is 3.03. The fourth-order valence-corrected chi connectivity index (χ4v) is 1.26. The van der Waals surface area contributed by atoms with E-state index >= 15 is 0 Å². The molecule has 8 nitrogen and oxygen atoms in total. The molecule has 0 bridgehead atoms. The van der Waals surface area contributed by atoms with Crippen molar-refractivity contribution in [1.82, 2.24) is 15.0 Å². The summed E-state index contributed by atoms with van der Waals surface area (Å²) >= 11 is 5.74. The number of anilines is 2. The highest BCUT2D eigenvalue weighted by atomic mass is 35.5. The first kappa shape index (κ1) is 14.8. The Morgan fingerprint density at radius 1 is 1.11 bits per heavy atom. The lowest BCUT2D eigenvalue weighted by molar-refractivity contribution is 0.0828. The lowest BCUT2D eigenvalue weighted by atomic mass is 10.0. The SMILES string of the molecule is CN(C)c1nc(Cl)nc(NC(CO)(CO)CO)n1. The van der Waals surface area contributed by atoms with E-state index in [0.29, 0.717) is 5.95 Å². The van der Waals surface area contributed by atoms with Crippen molar-refractivity contribution in [2.75, 3.05) is 44.1 Å². The Labute approximate surface area is 109 Å². The zero-order valence-corrected chi connectivity index (χ0v) is 10.9. The molecule has 0 aliphatic carbocycles. The van der Waals surface area contributed by atoms with Crippen LogP contribution in [0, 0.1) is 0 Å². The summed E-state index contributed by atoms with van der Waals surface area (Å²) in [6.07, 6.45) is 0. The van der Waals surface area contributed by atoms with Crippen molar-refractivity contribution in [1.29, 1.82) is 0 Å². The molecule has 9 heteroatoms. The molecule has 18 heavy (non-hydrogen) atoms. The molecular weight excluding hydrogens is 262 g/mol. The maximum Gasteiger partial charge on any atom is 0.230 e. The van der Waals surface area contributed by atoms with E-state index in [9.17, 15) is 15.3 Å². The second-order valence-electron chi connectivity index (χ2n) is 4.00. The van der Waals surface area contributed by atoms with Crippen LogP contribution in [0.2, 0.25) is 5.28 Å². The number of halogens is 1. The highest BCUT2D eigenvalue weighted by molar-refractivity contribution is 6.28. The summed E-state index contributed by atoms with van der Waals surface area (Å²) in [6.45, 7) is -1.46. The molecule has 102 valence electrons. The maximum absolute atomic E-state index is 9.19. The standard InChI is InChI=1S/C9H16ClN5O3/c1-15(2)8-12-6(10)11-7(13-8)14-9(3-16,4-17)5-18/h16-18H,3-5H2,1-2H3,(H,11,12,13,14). The van der Waals surface area contributed by atoms with Gasteiger partial charge in [-0.2, -0.15) is 15.0 Å². The third-order valence-electron chi connectivity index (χ3n) is 2.28. The molecule has 0 atom stereocenters. The molecule has 0 fully saturated rings. The first-order valence-electron chi connectivity index (χ1n) is 5.16. The van der Waals surface area contributed by atoms with E-state index in [1.165, 1.54) is 0 Å². The van der Waals surface area contributed by atoms with Gasteiger partial charge in [-0.1, -0.05) is 0 Å². The lowest BCUT2D eigenvalue weighted by Gasteiger charge is -2.28. The third-order valence-corrected chi connectivity index (χ3v) is 2.45. The molecule has 0 radical (unpaired) electrons. The van der Waals surface area contributed by atoms with Crippen molar-refractivity contribution in [3.8, 4) is 0 Å². The minimum Gasteiger partial charge on any atom is -0.394 e. The van der Waals surface area contributed by atoms with Gasteiger partial charge in [-0.3, -0.25) is 0 Å². The molecule has 0 aliphatic heterocycles. The molecule has 0 aliphatic rings. The van der Waals surface area contributed by atoms with Crippen molar-refractivity contribution < 1.29 is 15.3 Å². The fraction of sp³-hybridized carbons (Fsp3) is 0.667. The summed E-state index contributed by atoms with van der Waals surface area (Å²) in [5, 5.41) is 30.2. The topological polar surface area (TPSA) is 115 Å². The Kier molecular flexibility index (Phi) is 5.03. The fourth-order valence-electron chi connectivity index (χ4n) is 1.10. The summed E-state index contributed by atoms with van der Waals surface area (Å²) in [7, 11) is 3.46. The summed E-state index contributed by atoms with van der Waals surface area (Å²) in [4.78, 5) is 13.4. The van der Waals surface area contributed by atoms with Gasteiger partial charge in [0.15, 0.2) is 0 Å². The van der Waals surface area contributed by atoms with Crippen molar-refractivity contribution in [2.24, 2.45) is 0 Å². The number of aromatic nitrogens is 3. The average molecular weight is 278 g/mol. The molecule has 1 aromatic rings. The van der Waals surface area contributed by atoms with Crippen molar-refractivity contribution >= 4 is 23.5 Å². The molecular formula is C9H16ClN5O3. The van der Waals surface area contributed by atoms with Crippen molar-refractivity contribution in [3.05, 3.63) is 5.28 Å². The van der Waals surface area contributed by atoms with E-state index in [4.69, 9.17) is 11.6 Å². The molecule has 1 heterocycles. The normalized spacial score (nSPS) is 11.4. The molecule has 0 unspecified atom stereocenters. The van der Waals surface area contributed by atoms with Gasteiger partial charge >= 0.3 is 0 Å². The number of hydrogen-bond acceptors (Lipinski definition) is 8. The van der Waals surface area contributed by atoms with Crippen LogP contribution in [0.3, 0.4) is 0 Å². The van der Waals surface area contributed by atoms with Gasteiger partial charge in [0.05, 0.1) is 19.8 Å². The van der Waals surface area contributed by atoms with Crippen LogP contribution in [-0.2, 0) is 0 Å². The molecule has 0 aromatic carbocycles. The second-order valence-corrected chi connectivity index (χ2v) is 4.34. The first-order valence-corrected chi connectivity index (χ1v) is 5.54. The Morgan fingerprint density at radius 2 is 1.67 bits per heavy atom. The molecule has 0 spiro atoms. The summed E-state index contributed by atoms with van der Waals surface area (Å²) < 4.78 is 0. The van der Waals surface area contributed by atoms with Crippen LogP contribution < -0.4 is 10.2 Å². The predicted molar refractivity (Wildman–Crippen MR) is 66.8 cm³/mol. The van der Waals surface area contributed by atoms with Gasteiger partial charge in [-0.25, -0.2) is 0 Å². The van der Waals surface area contributed by atoms with Gasteiger partial charge in [0.1, 0.15) is 5.54 Å². The van der Waals surface area contributed by atoms with E-state index in [-0.39, 0.29) is 11.2 Å². The molecule has 1 rings (SSSR count). The molecule has 1 aromatic heterocycles. The lowest BCUT2D eigenvalue weighted by Crippen LogP contribution is -2.49. The minimum atomic E-state index is -1.31. The highest BCUT2D eigenvalue weighted by Crippen LogP contribution is 2.15. The van der Waals surface area contributed by atoms with Crippen LogP contribution in [0.4, 0.5) is 11.9 Å². The molecule has 0 saturated heterocycles. The highest BCUT2D eigenvalue weighted by Gasteiger charge is 2.29. The molecule has 0 saturated carbocycles. The van der Waals surface area contributed by atoms with Gasteiger partial charge in [-0.05, 0) is 11.6 Å². The van der Waals surface area contributed by atoms with Gasteiger partial charge < -0.3 is 25.5 Å². The van der Waals surface area contributed by atoms with E-state index in [0.717, 1.165) is 0 Å². The van der Waals surface area contributed by atoms with E-state index in [2.05, 4.69) is 20.3 Å². The molecule has 0 amide bonds. The first-order chi connectivity index (χ1) is 8.46. The summed E-state index contributed by atoms with van der Waals surface area (Å²) in [6, 6.07) is 0. The van der Waals surface area contributed by atoms with Crippen LogP contribution in [0.1, 0.15) is 0 Å². The van der Waals surface area contributed by atoms with E-state index in [1.807, 2.05) is 0 Å². The van der Waals surface area contributed by atoms with Crippen LogP contribution >= 0.6 is 11.6 Å². The van der Waals surface area contributed by atoms with Gasteiger partial charge in [0.25, 0.3) is 0 Å². The maximum atomic E-state index is 9.19. The van der Waals surface area contributed by atoms with Crippen molar-refractivity contribution in [2.45, 2.75) is 5.54 Å². The average Bonchev–Trinajstić information content (AvgIpc) is 2.35. The number of nitrogens with one attached hydrogen (secondary N) is 1. The van der Waals surface area contributed by atoms with E-state index < -0.39 is 25.4 Å². The van der Waals surface area contributed by atoms with Crippen molar-refractivity contribution in [3.63, 3.8) is 0 Å². The Morgan fingerprint density at radius 3 is 2.11 bits per heavy atom. The Bertz CT molecular complexity index is 392. The predicted octanol–water partition coefficient (Wildman–Crippen LogP) is -1.28. The number of aliphatic hydroxyl groups is 3. The van der Waals surface area contributed by atoms with E-state index in [1.54, 1.807) is 19.0 Å². The van der Waals surface area contributed by atoms with Gasteiger partial charge in [0, 0.05) is 14.1 Å². The van der Waals surface area contributed by atoms with Crippen LogP contribution in [-0.4, -0.2) is 69.7 Å². The van der Waals surface area contributed by atoms with Crippen LogP contribution in [0.5, 0.6) is 0 Å². The third kappa shape index (κ3) is 3.39. The molecule has 4 N–H and O–H groups in total. The van der Waals surface area contributed by atoms with Gasteiger partial charge in [0.2, 0.25) is 17.2 Å². The largest absolute Gasteiger partial charge is 0.394 e. The smallest absolute Gasteiger partial charge is 0.230 e. The number of nitrogens with zero attached hydrogens (tertiary/aromatic N) is 4. The quantitative estimate of drug-likeness (QED) is 0.508. The van der Waals surface area contributed by atoms with Crippen LogP contribution in [0.15, 0.2) is 0 Å². The summed E-state index contributed by atoms with van der Waals surface area (Å²) in [5.41, 5.74) is -1.31. The monoisotopic (exact) mass is 277 g/mol. The van der Waals surface area contributed by atoms with Crippen LogP contribution in [0.25, 0.3) is 0 Å². The minimum absolute atomic E-state index is 0.0288.